The number of nitrogens with zero attached hydrogens (tertiary/aromatic N) is 1. The number of hydrogen-bond donors (Lipinski definition) is 2. The number of methoxy groups -OCH3 is 2. The molecule has 1 unspecified atom stereocenters. The Morgan fingerprint density at radius 2 is 1.81 bits per heavy atom. The SMILES string of the molecule is COc1ccc(C(O)CNS(=O)(=O)c2cc([N+](=O)[O-])ccc2C)cc1OC. The van der Waals surface area contributed by atoms with Crippen LogP contribution < -0.4 is 14.2 Å². The summed E-state index contributed by atoms with van der Waals surface area (Å²) in [5.74, 6) is 0.868. The Morgan fingerprint density at radius 3 is 2.41 bits per heavy atom. The van der Waals surface area contributed by atoms with Gasteiger partial charge in [0.1, 0.15) is 0 Å². The van der Waals surface area contributed by atoms with Crippen molar-refractivity contribution in [2.45, 2.75) is 17.9 Å². The first-order valence-corrected chi connectivity index (χ1v) is 9.32. The van der Waals surface area contributed by atoms with Gasteiger partial charge >= 0.3 is 0 Å². The van der Waals surface area contributed by atoms with Crippen molar-refractivity contribution >= 4 is 15.7 Å². The van der Waals surface area contributed by atoms with E-state index in [4.69, 9.17) is 9.47 Å². The average Bonchev–Trinajstić information content (AvgIpc) is 2.65. The van der Waals surface area contributed by atoms with Gasteiger partial charge in [-0.05, 0) is 30.2 Å². The fourth-order valence-corrected chi connectivity index (χ4v) is 3.74. The van der Waals surface area contributed by atoms with Gasteiger partial charge < -0.3 is 14.6 Å². The highest BCUT2D eigenvalue weighted by Gasteiger charge is 2.22. The molecule has 0 saturated carbocycles. The first kappa shape index (κ1) is 20.6. The third-order valence-corrected chi connectivity index (χ3v) is 5.50. The minimum Gasteiger partial charge on any atom is -0.493 e. The van der Waals surface area contributed by atoms with Crippen LogP contribution in [0.4, 0.5) is 5.69 Å². The molecule has 0 aliphatic rings. The van der Waals surface area contributed by atoms with Gasteiger partial charge in [0.25, 0.3) is 5.69 Å². The van der Waals surface area contributed by atoms with Crippen molar-refractivity contribution in [3.63, 3.8) is 0 Å². The van der Waals surface area contributed by atoms with Gasteiger partial charge in [0.05, 0.1) is 30.1 Å². The molecule has 0 spiro atoms. The van der Waals surface area contributed by atoms with Gasteiger partial charge in [0, 0.05) is 18.7 Å². The number of aliphatic hydroxyl groups is 1. The van der Waals surface area contributed by atoms with E-state index in [0.717, 1.165) is 6.07 Å². The van der Waals surface area contributed by atoms with Gasteiger partial charge in [0.2, 0.25) is 10.0 Å². The van der Waals surface area contributed by atoms with Crippen LogP contribution in [0.15, 0.2) is 41.3 Å². The standard InChI is InChI=1S/C17H20N2O7S/c1-11-4-6-13(19(21)22)9-17(11)27(23,24)18-10-14(20)12-5-7-15(25-2)16(8-12)26-3/h4-9,14,18,20H,10H2,1-3H3. The Balaban J connectivity index is 2.20. The van der Waals surface area contributed by atoms with Crippen molar-refractivity contribution in [1.29, 1.82) is 0 Å². The summed E-state index contributed by atoms with van der Waals surface area (Å²) in [6, 6.07) is 8.29. The van der Waals surface area contributed by atoms with Crippen molar-refractivity contribution in [2.24, 2.45) is 0 Å². The molecule has 0 saturated heterocycles. The quantitative estimate of drug-likeness (QED) is 0.515. The van der Waals surface area contributed by atoms with E-state index in [-0.39, 0.29) is 17.1 Å². The summed E-state index contributed by atoms with van der Waals surface area (Å²) in [6.45, 7) is 1.21. The summed E-state index contributed by atoms with van der Waals surface area (Å²) in [4.78, 5) is 10.0. The van der Waals surface area contributed by atoms with E-state index in [1.54, 1.807) is 12.1 Å². The lowest BCUT2D eigenvalue weighted by molar-refractivity contribution is -0.385. The van der Waals surface area contributed by atoms with Crippen LogP contribution in [0.3, 0.4) is 0 Å². The number of non-ortho nitro benzene ring substituents is 1. The van der Waals surface area contributed by atoms with Crippen LogP contribution in [-0.4, -0.2) is 39.2 Å². The van der Waals surface area contributed by atoms with E-state index in [1.807, 2.05) is 0 Å². The number of aryl methyl sites for hydroxylation is 1. The maximum Gasteiger partial charge on any atom is 0.270 e. The highest BCUT2D eigenvalue weighted by Crippen LogP contribution is 2.30. The first-order chi connectivity index (χ1) is 12.7. The van der Waals surface area contributed by atoms with Crippen LogP contribution in [0, 0.1) is 17.0 Å². The Labute approximate surface area is 156 Å². The number of nitro groups is 1. The molecule has 2 aromatic rings. The number of nitro benzene ring substituents is 1. The molecule has 27 heavy (non-hydrogen) atoms. The van der Waals surface area contributed by atoms with Crippen molar-refractivity contribution in [1.82, 2.24) is 4.72 Å². The molecular formula is C17H20N2O7S. The molecule has 146 valence electrons. The van der Waals surface area contributed by atoms with Crippen molar-refractivity contribution in [3.05, 3.63) is 57.6 Å². The van der Waals surface area contributed by atoms with Crippen LogP contribution in [0.25, 0.3) is 0 Å². The van der Waals surface area contributed by atoms with E-state index in [1.165, 1.54) is 39.3 Å². The van der Waals surface area contributed by atoms with Gasteiger partial charge in [-0.25, -0.2) is 13.1 Å². The van der Waals surface area contributed by atoms with Crippen molar-refractivity contribution in [2.75, 3.05) is 20.8 Å². The number of benzene rings is 2. The van der Waals surface area contributed by atoms with Gasteiger partial charge in [-0.15, -0.1) is 0 Å². The topological polar surface area (TPSA) is 128 Å². The van der Waals surface area contributed by atoms with Gasteiger partial charge in [-0.3, -0.25) is 10.1 Å². The fraction of sp³-hybridized carbons (Fsp3) is 0.294. The van der Waals surface area contributed by atoms with E-state index < -0.39 is 21.1 Å². The Hall–Kier alpha value is -2.69. The Bertz CT molecular complexity index is 944. The molecule has 2 rings (SSSR count). The number of nitrogens with one attached hydrogen (secondary N) is 1. The van der Waals surface area contributed by atoms with Crippen molar-refractivity contribution < 1.29 is 27.9 Å². The second-order valence-corrected chi connectivity index (χ2v) is 7.42. The van der Waals surface area contributed by atoms with Gasteiger partial charge in [-0.2, -0.15) is 0 Å². The molecule has 0 radical (unpaired) electrons. The van der Waals surface area contributed by atoms with E-state index in [9.17, 15) is 23.6 Å². The number of aliphatic hydroxyl groups excluding tert-OH is 1. The molecule has 0 bridgehead atoms. The minimum absolute atomic E-state index is 0.212. The van der Waals surface area contributed by atoms with Crippen LogP contribution in [0.2, 0.25) is 0 Å². The smallest absolute Gasteiger partial charge is 0.270 e. The minimum atomic E-state index is -4.05. The molecular weight excluding hydrogens is 376 g/mol. The molecule has 2 aromatic carbocycles. The fourth-order valence-electron chi connectivity index (χ4n) is 2.44. The maximum absolute atomic E-state index is 12.5. The zero-order valence-electron chi connectivity index (χ0n) is 15.0. The van der Waals surface area contributed by atoms with E-state index >= 15 is 0 Å². The number of hydrogen-bond acceptors (Lipinski definition) is 7. The van der Waals surface area contributed by atoms with Crippen LogP contribution >= 0.6 is 0 Å². The largest absolute Gasteiger partial charge is 0.493 e. The second-order valence-electron chi connectivity index (χ2n) is 5.69. The maximum atomic E-state index is 12.5. The molecule has 0 fully saturated rings. The predicted molar refractivity (Wildman–Crippen MR) is 97.5 cm³/mol. The molecule has 2 N–H and O–H groups in total. The molecule has 1 atom stereocenters. The monoisotopic (exact) mass is 396 g/mol. The molecule has 0 heterocycles. The lowest BCUT2D eigenvalue weighted by atomic mass is 10.1. The highest BCUT2D eigenvalue weighted by atomic mass is 32.2. The summed E-state index contributed by atoms with van der Waals surface area (Å²) in [7, 11) is -1.13. The van der Waals surface area contributed by atoms with E-state index in [2.05, 4.69) is 4.72 Å². The lowest BCUT2D eigenvalue weighted by Crippen LogP contribution is -2.29. The summed E-state index contributed by atoms with van der Waals surface area (Å²) < 4.78 is 37.5. The average molecular weight is 396 g/mol. The van der Waals surface area contributed by atoms with Crippen LogP contribution in [0.1, 0.15) is 17.2 Å². The number of sulfonamides is 1. The lowest BCUT2D eigenvalue weighted by Gasteiger charge is -2.15. The molecule has 0 aliphatic carbocycles. The summed E-state index contributed by atoms with van der Waals surface area (Å²) in [6.07, 6.45) is -1.15. The summed E-state index contributed by atoms with van der Waals surface area (Å²) >= 11 is 0. The van der Waals surface area contributed by atoms with E-state index in [0.29, 0.717) is 22.6 Å². The Kier molecular flexibility index (Phi) is 6.37. The zero-order chi connectivity index (χ0) is 20.2. The number of ether oxygens (including phenoxy) is 2. The van der Waals surface area contributed by atoms with Gasteiger partial charge in [-0.1, -0.05) is 12.1 Å². The molecule has 9 nitrogen and oxygen atoms in total. The first-order valence-electron chi connectivity index (χ1n) is 7.84. The third-order valence-electron chi connectivity index (χ3n) is 3.93. The number of rotatable bonds is 8. The van der Waals surface area contributed by atoms with Crippen molar-refractivity contribution in [3.8, 4) is 11.5 Å². The Morgan fingerprint density at radius 1 is 1.15 bits per heavy atom. The molecule has 0 aliphatic heterocycles. The summed E-state index contributed by atoms with van der Waals surface area (Å²) in [5, 5.41) is 21.2. The molecule has 0 aromatic heterocycles. The highest BCUT2D eigenvalue weighted by molar-refractivity contribution is 7.89. The van der Waals surface area contributed by atoms with Crippen LogP contribution in [-0.2, 0) is 10.0 Å². The second kappa shape index (κ2) is 8.33. The summed E-state index contributed by atoms with van der Waals surface area (Å²) in [5.41, 5.74) is 0.446. The molecule has 10 heteroatoms. The van der Waals surface area contributed by atoms with Gasteiger partial charge in [0.15, 0.2) is 11.5 Å². The third kappa shape index (κ3) is 4.73. The normalized spacial score (nSPS) is 12.4. The predicted octanol–water partition coefficient (Wildman–Crippen LogP) is 1.93. The zero-order valence-corrected chi connectivity index (χ0v) is 15.8. The van der Waals surface area contributed by atoms with Crippen LogP contribution in [0.5, 0.6) is 11.5 Å². The molecule has 0 amide bonds.